The summed E-state index contributed by atoms with van der Waals surface area (Å²) in [5, 5.41) is 13.1. The summed E-state index contributed by atoms with van der Waals surface area (Å²) in [6.07, 6.45) is 5.80. The number of nitrogens with zero attached hydrogens (tertiary/aromatic N) is 2. The lowest BCUT2D eigenvalue weighted by Crippen LogP contribution is -2.21. The van der Waals surface area contributed by atoms with E-state index in [1.165, 1.54) is 36.8 Å². The highest BCUT2D eigenvalue weighted by Gasteiger charge is 2.22. The van der Waals surface area contributed by atoms with Crippen LogP contribution in [-0.4, -0.2) is 16.8 Å². The third-order valence-electron chi connectivity index (χ3n) is 5.64. The van der Waals surface area contributed by atoms with Gasteiger partial charge in [0, 0.05) is 22.6 Å². The van der Waals surface area contributed by atoms with Crippen molar-refractivity contribution in [1.29, 1.82) is 0 Å². The number of ether oxygens (including phenoxy) is 1. The predicted octanol–water partition coefficient (Wildman–Crippen LogP) is 5.61. The summed E-state index contributed by atoms with van der Waals surface area (Å²) in [5.41, 5.74) is 6.07. The number of anilines is 1. The summed E-state index contributed by atoms with van der Waals surface area (Å²) >= 11 is 6.17. The number of fused-ring (bicyclic) bond motifs is 2. The molecule has 0 saturated carbocycles. The molecule has 1 aliphatic carbocycles. The van der Waals surface area contributed by atoms with E-state index in [4.69, 9.17) is 16.3 Å². The van der Waals surface area contributed by atoms with Crippen molar-refractivity contribution in [1.82, 2.24) is 10.2 Å². The summed E-state index contributed by atoms with van der Waals surface area (Å²) in [7, 11) is 0. The molecule has 3 aromatic rings. The molecule has 1 aromatic heterocycles. The maximum Gasteiger partial charge on any atom is 0.149 e. The van der Waals surface area contributed by atoms with Gasteiger partial charge in [0.05, 0.1) is 18.3 Å². The molecule has 1 unspecified atom stereocenters. The van der Waals surface area contributed by atoms with Crippen molar-refractivity contribution in [2.75, 3.05) is 11.9 Å². The molecule has 2 aromatic carbocycles. The second-order valence-corrected chi connectivity index (χ2v) is 7.95. The summed E-state index contributed by atoms with van der Waals surface area (Å²) < 4.78 is 5.73. The highest BCUT2D eigenvalue weighted by molar-refractivity contribution is 6.30. The number of nitrogens with one attached hydrogen (secondary N) is 1. The van der Waals surface area contributed by atoms with Crippen LogP contribution in [-0.2, 0) is 12.8 Å². The third kappa shape index (κ3) is 3.45. The number of halogens is 1. The van der Waals surface area contributed by atoms with E-state index in [-0.39, 0.29) is 6.04 Å². The number of hydrogen-bond acceptors (Lipinski definition) is 4. The van der Waals surface area contributed by atoms with E-state index >= 15 is 0 Å². The number of aryl methyl sites for hydroxylation is 2. The fourth-order valence-corrected chi connectivity index (χ4v) is 4.33. The van der Waals surface area contributed by atoms with E-state index in [1.54, 1.807) is 0 Å². The van der Waals surface area contributed by atoms with Gasteiger partial charge in [-0.05, 0) is 73.2 Å². The SMILES string of the molecule is Clc1ccc2c(c1)C(Nc1ccc(-c3ccc4c(c3)CCCC4)nn1)CCO2. The standard InChI is InChI=1S/C23H22ClN3O/c24-18-7-9-22-19(14-18)21(11-12-28-22)25-23-10-8-20(26-27-23)17-6-5-15-3-1-2-4-16(15)13-17/h5-10,13-14,21H,1-4,11-12H2,(H,25,27). The van der Waals surface area contributed by atoms with Crippen molar-refractivity contribution >= 4 is 17.4 Å². The minimum absolute atomic E-state index is 0.117. The van der Waals surface area contributed by atoms with Gasteiger partial charge in [0.2, 0.25) is 0 Å². The molecule has 0 radical (unpaired) electrons. The first-order valence-electron chi connectivity index (χ1n) is 9.91. The molecule has 0 bridgehead atoms. The van der Waals surface area contributed by atoms with Crippen LogP contribution in [0.3, 0.4) is 0 Å². The van der Waals surface area contributed by atoms with Gasteiger partial charge in [-0.2, -0.15) is 0 Å². The Kier molecular flexibility index (Phi) is 4.65. The normalized spacial score (nSPS) is 18.0. The molecule has 0 spiro atoms. The second kappa shape index (κ2) is 7.44. The first-order valence-corrected chi connectivity index (χ1v) is 10.3. The fraction of sp³-hybridized carbons (Fsp3) is 0.304. The van der Waals surface area contributed by atoms with E-state index in [2.05, 4.69) is 33.7 Å². The number of benzene rings is 2. The smallest absolute Gasteiger partial charge is 0.149 e. The minimum atomic E-state index is 0.117. The van der Waals surface area contributed by atoms with Crippen LogP contribution in [0.15, 0.2) is 48.5 Å². The summed E-state index contributed by atoms with van der Waals surface area (Å²) in [6, 6.07) is 16.6. The largest absolute Gasteiger partial charge is 0.493 e. The van der Waals surface area contributed by atoms with E-state index in [1.807, 2.05) is 30.3 Å². The van der Waals surface area contributed by atoms with Crippen LogP contribution in [0.25, 0.3) is 11.3 Å². The van der Waals surface area contributed by atoms with Crippen LogP contribution in [0.4, 0.5) is 5.82 Å². The first kappa shape index (κ1) is 17.5. The lowest BCUT2D eigenvalue weighted by Gasteiger charge is -2.27. The zero-order valence-electron chi connectivity index (χ0n) is 15.6. The van der Waals surface area contributed by atoms with Crippen LogP contribution < -0.4 is 10.1 Å². The van der Waals surface area contributed by atoms with Crippen molar-refractivity contribution in [3.8, 4) is 17.0 Å². The molecular weight excluding hydrogens is 370 g/mol. The maximum absolute atomic E-state index is 6.17. The third-order valence-corrected chi connectivity index (χ3v) is 5.88. The van der Waals surface area contributed by atoms with Crippen molar-refractivity contribution in [3.63, 3.8) is 0 Å². The van der Waals surface area contributed by atoms with Crippen LogP contribution in [0.1, 0.15) is 42.0 Å². The Bertz CT molecular complexity index is 1000. The van der Waals surface area contributed by atoms with Crippen molar-refractivity contribution < 1.29 is 4.74 Å². The van der Waals surface area contributed by atoms with Gasteiger partial charge in [0.1, 0.15) is 11.6 Å². The molecule has 1 aliphatic heterocycles. The average Bonchev–Trinajstić information content (AvgIpc) is 2.74. The summed E-state index contributed by atoms with van der Waals surface area (Å²) in [6.45, 7) is 0.674. The molecule has 0 fully saturated rings. The Morgan fingerprint density at radius 1 is 0.929 bits per heavy atom. The van der Waals surface area contributed by atoms with Gasteiger partial charge in [0.15, 0.2) is 0 Å². The summed E-state index contributed by atoms with van der Waals surface area (Å²) in [4.78, 5) is 0. The number of rotatable bonds is 3. The van der Waals surface area contributed by atoms with E-state index in [9.17, 15) is 0 Å². The molecule has 4 nitrogen and oxygen atoms in total. The van der Waals surface area contributed by atoms with Crippen molar-refractivity contribution in [2.45, 2.75) is 38.1 Å². The van der Waals surface area contributed by atoms with E-state index in [0.717, 1.165) is 34.8 Å². The van der Waals surface area contributed by atoms with Gasteiger partial charge in [-0.1, -0.05) is 23.7 Å². The molecular formula is C23H22ClN3O. The van der Waals surface area contributed by atoms with Crippen LogP contribution in [0.5, 0.6) is 5.75 Å². The van der Waals surface area contributed by atoms with Gasteiger partial charge in [0.25, 0.3) is 0 Å². The monoisotopic (exact) mass is 391 g/mol. The minimum Gasteiger partial charge on any atom is -0.493 e. The highest BCUT2D eigenvalue weighted by Crippen LogP contribution is 2.36. The van der Waals surface area contributed by atoms with E-state index < -0.39 is 0 Å². The van der Waals surface area contributed by atoms with Gasteiger partial charge >= 0.3 is 0 Å². The molecule has 2 aliphatic rings. The molecule has 142 valence electrons. The summed E-state index contributed by atoms with van der Waals surface area (Å²) in [5.74, 6) is 1.64. The van der Waals surface area contributed by atoms with Gasteiger partial charge in [-0.3, -0.25) is 0 Å². The fourth-order valence-electron chi connectivity index (χ4n) is 4.15. The molecule has 5 rings (SSSR count). The topological polar surface area (TPSA) is 47.0 Å². The van der Waals surface area contributed by atoms with Crippen LogP contribution >= 0.6 is 11.6 Å². The van der Waals surface area contributed by atoms with E-state index in [0.29, 0.717) is 11.6 Å². The molecule has 0 saturated heterocycles. The Morgan fingerprint density at radius 2 is 1.82 bits per heavy atom. The molecule has 1 atom stereocenters. The maximum atomic E-state index is 6.17. The lowest BCUT2D eigenvalue weighted by molar-refractivity contribution is 0.274. The molecule has 1 N–H and O–H groups in total. The first-order chi connectivity index (χ1) is 13.8. The molecule has 5 heteroatoms. The predicted molar refractivity (Wildman–Crippen MR) is 112 cm³/mol. The highest BCUT2D eigenvalue weighted by atomic mass is 35.5. The average molecular weight is 392 g/mol. The van der Waals surface area contributed by atoms with Crippen molar-refractivity contribution in [3.05, 3.63) is 70.2 Å². The molecule has 0 amide bonds. The Balaban J connectivity index is 1.36. The molecule has 2 heterocycles. The van der Waals surface area contributed by atoms with Gasteiger partial charge < -0.3 is 10.1 Å². The Labute approximate surface area is 169 Å². The zero-order valence-corrected chi connectivity index (χ0v) is 16.4. The van der Waals surface area contributed by atoms with Crippen LogP contribution in [0, 0.1) is 0 Å². The lowest BCUT2D eigenvalue weighted by atomic mass is 9.90. The zero-order chi connectivity index (χ0) is 18.9. The van der Waals surface area contributed by atoms with Gasteiger partial charge in [-0.15, -0.1) is 10.2 Å². The van der Waals surface area contributed by atoms with Gasteiger partial charge in [-0.25, -0.2) is 0 Å². The van der Waals surface area contributed by atoms with Crippen LogP contribution in [0.2, 0.25) is 5.02 Å². The number of hydrogen-bond donors (Lipinski definition) is 1. The Morgan fingerprint density at radius 3 is 2.68 bits per heavy atom. The number of aromatic nitrogens is 2. The van der Waals surface area contributed by atoms with Crippen molar-refractivity contribution in [2.24, 2.45) is 0 Å². The Hall–Kier alpha value is -2.59. The molecule has 28 heavy (non-hydrogen) atoms. The quantitative estimate of drug-likeness (QED) is 0.630. The second-order valence-electron chi connectivity index (χ2n) is 7.51.